The molecule has 29 heavy (non-hydrogen) atoms. The first-order chi connectivity index (χ1) is 13.9. The summed E-state index contributed by atoms with van der Waals surface area (Å²) in [7, 11) is -2.94. The number of amides is 1. The van der Waals surface area contributed by atoms with Crippen LogP contribution in [0.25, 0.3) is 0 Å². The van der Waals surface area contributed by atoms with Crippen LogP contribution >= 0.6 is 11.8 Å². The van der Waals surface area contributed by atoms with Crippen LogP contribution in [0.4, 0.5) is 5.69 Å². The van der Waals surface area contributed by atoms with Crippen molar-refractivity contribution in [2.75, 3.05) is 16.8 Å². The molecule has 2 heterocycles. The van der Waals surface area contributed by atoms with E-state index in [4.69, 9.17) is 0 Å². The normalized spacial score (nSPS) is 23.1. The standard InChI is InChI=1S/C21H23N3O3S2/c1-14(16-5-3-2-4-6-16)22-20(25)11-15-7-9-17(10-8-15)23-21-24-18-12-29(26,27)13-19(18)28-21/h2-10,14,18-19H,11-13H2,1H3,(H,22,25)(H,23,24)/t14-,18+,19-/m0/s1. The number of rotatable bonds is 5. The molecule has 2 aliphatic heterocycles. The van der Waals surface area contributed by atoms with Crippen molar-refractivity contribution in [3.63, 3.8) is 0 Å². The molecule has 0 saturated carbocycles. The number of fused-ring (bicyclic) bond motifs is 1. The van der Waals surface area contributed by atoms with Crippen molar-refractivity contribution < 1.29 is 13.2 Å². The molecule has 0 radical (unpaired) electrons. The zero-order chi connectivity index (χ0) is 20.4. The molecule has 0 aliphatic carbocycles. The Morgan fingerprint density at radius 1 is 1.14 bits per heavy atom. The molecule has 0 bridgehead atoms. The summed E-state index contributed by atoms with van der Waals surface area (Å²) in [6.07, 6.45) is 0.315. The van der Waals surface area contributed by atoms with E-state index in [1.54, 1.807) is 0 Å². The number of benzene rings is 2. The average molecular weight is 430 g/mol. The number of carbonyl (C=O) groups excluding carboxylic acids is 1. The highest BCUT2D eigenvalue weighted by Crippen LogP contribution is 2.34. The van der Waals surface area contributed by atoms with Crippen molar-refractivity contribution in [2.45, 2.75) is 30.7 Å². The fourth-order valence-corrected chi connectivity index (χ4v) is 7.22. The number of hydrogen-bond acceptors (Lipinski definition) is 6. The summed E-state index contributed by atoms with van der Waals surface area (Å²) in [5.74, 6) is 0.324. The Morgan fingerprint density at radius 2 is 1.86 bits per heavy atom. The minimum Gasteiger partial charge on any atom is -0.349 e. The zero-order valence-electron chi connectivity index (χ0n) is 16.0. The summed E-state index contributed by atoms with van der Waals surface area (Å²) in [4.78, 5) is 16.8. The van der Waals surface area contributed by atoms with Crippen molar-refractivity contribution in [3.8, 4) is 0 Å². The SMILES string of the molecule is C[C@H](NC(=O)Cc1ccc(NC2=N[C@@H]3CS(=O)(=O)C[C@@H]3S2)cc1)c1ccccc1. The molecular formula is C21H23N3O3S2. The van der Waals surface area contributed by atoms with Crippen LogP contribution in [0.5, 0.6) is 0 Å². The number of sulfone groups is 1. The third-order valence-electron chi connectivity index (χ3n) is 5.07. The zero-order valence-corrected chi connectivity index (χ0v) is 17.7. The van der Waals surface area contributed by atoms with Crippen molar-refractivity contribution >= 4 is 38.4 Å². The number of amidine groups is 1. The number of anilines is 1. The van der Waals surface area contributed by atoms with Crippen LogP contribution < -0.4 is 10.6 Å². The summed E-state index contributed by atoms with van der Waals surface area (Å²) < 4.78 is 23.3. The molecule has 6 nitrogen and oxygen atoms in total. The molecule has 3 atom stereocenters. The van der Waals surface area contributed by atoms with Gasteiger partial charge in [-0.3, -0.25) is 9.79 Å². The fourth-order valence-electron chi connectivity index (χ4n) is 3.55. The maximum Gasteiger partial charge on any atom is 0.224 e. The Hall–Kier alpha value is -2.32. The summed E-state index contributed by atoms with van der Waals surface area (Å²) in [5.41, 5.74) is 2.88. The minimum atomic E-state index is -2.94. The third-order valence-corrected chi connectivity index (χ3v) is 8.21. The second-order valence-electron chi connectivity index (χ2n) is 7.43. The lowest BCUT2D eigenvalue weighted by molar-refractivity contribution is -0.121. The number of aliphatic imine (C=N–C) groups is 1. The van der Waals surface area contributed by atoms with Gasteiger partial charge in [-0.1, -0.05) is 54.2 Å². The van der Waals surface area contributed by atoms with Gasteiger partial charge in [-0.05, 0) is 30.2 Å². The third kappa shape index (κ3) is 5.00. The van der Waals surface area contributed by atoms with Gasteiger partial charge in [0, 0.05) is 10.9 Å². The van der Waals surface area contributed by atoms with Gasteiger partial charge in [0.1, 0.15) is 0 Å². The van der Waals surface area contributed by atoms with E-state index in [-0.39, 0.29) is 34.7 Å². The first kappa shape index (κ1) is 20.0. The van der Waals surface area contributed by atoms with Gasteiger partial charge >= 0.3 is 0 Å². The van der Waals surface area contributed by atoms with E-state index in [2.05, 4.69) is 15.6 Å². The molecular weight excluding hydrogens is 406 g/mol. The number of thioether (sulfide) groups is 1. The second-order valence-corrected chi connectivity index (χ2v) is 10.8. The Kier molecular flexibility index (Phi) is 5.65. The predicted octanol–water partition coefficient (Wildman–Crippen LogP) is 2.79. The van der Waals surface area contributed by atoms with Crippen molar-refractivity contribution in [3.05, 3.63) is 65.7 Å². The van der Waals surface area contributed by atoms with Gasteiger partial charge in [0.15, 0.2) is 15.0 Å². The Bertz CT molecular complexity index is 1020. The second kappa shape index (κ2) is 8.20. The van der Waals surface area contributed by atoms with Crippen LogP contribution in [-0.2, 0) is 21.1 Å². The molecule has 2 aromatic rings. The number of carbonyl (C=O) groups is 1. The minimum absolute atomic E-state index is 0.0215. The van der Waals surface area contributed by atoms with Gasteiger partial charge in [0.05, 0.1) is 30.0 Å². The lowest BCUT2D eigenvalue weighted by Gasteiger charge is -2.14. The molecule has 8 heteroatoms. The van der Waals surface area contributed by atoms with Crippen LogP contribution in [0.3, 0.4) is 0 Å². The van der Waals surface area contributed by atoms with Crippen molar-refractivity contribution in [1.82, 2.24) is 5.32 Å². The van der Waals surface area contributed by atoms with Gasteiger partial charge in [0.25, 0.3) is 0 Å². The highest BCUT2D eigenvalue weighted by atomic mass is 32.2. The number of hydrogen-bond donors (Lipinski definition) is 2. The van der Waals surface area contributed by atoms with Crippen LogP contribution in [0, 0.1) is 0 Å². The summed E-state index contributed by atoms with van der Waals surface area (Å²) in [5, 5.41) is 7.06. The first-order valence-electron chi connectivity index (χ1n) is 9.53. The predicted molar refractivity (Wildman–Crippen MR) is 118 cm³/mol. The van der Waals surface area contributed by atoms with Crippen LogP contribution in [-0.4, -0.2) is 42.3 Å². The highest BCUT2D eigenvalue weighted by molar-refractivity contribution is 8.15. The molecule has 152 valence electrons. The fraction of sp³-hybridized carbons (Fsp3) is 0.333. The van der Waals surface area contributed by atoms with E-state index in [0.29, 0.717) is 6.42 Å². The largest absolute Gasteiger partial charge is 0.349 e. The Balaban J connectivity index is 1.30. The lowest BCUT2D eigenvalue weighted by Crippen LogP contribution is -2.28. The average Bonchev–Trinajstić information content (AvgIpc) is 3.16. The quantitative estimate of drug-likeness (QED) is 0.763. The molecule has 0 unspecified atom stereocenters. The van der Waals surface area contributed by atoms with Crippen molar-refractivity contribution in [2.24, 2.45) is 4.99 Å². The summed E-state index contributed by atoms with van der Waals surface area (Å²) >= 11 is 1.49. The topological polar surface area (TPSA) is 87.6 Å². The molecule has 4 rings (SSSR count). The van der Waals surface area contributed by atoms with E-state index < -0.39 is 9.84 Å². The highest BCUT2D eigenvalue weighted by Gasteiger charge is 2.42. The van der Waals surface area contributed by atoms with E-state index in [0.717, 1.165) is 22.0 Å². The van der Waals surface area contributed by atoms with Crippen molar-refractivity contribution in [1.29, 1.82) is 0 Å². The first-order valence-corrected chi connectivity index (χ1v) is 12.2. The maximum atomic E-state index is 12.3. The summed E-state index contributed by atoms with van der Waals surface area (Å²) in [6.45, 7) is 1.97. The van der Waals surface area contributed by atoms with E-state index in [9.17, 15) is 13.2 Å². The lowest BCUT2D eigenvalue weighted by atomic mass is 10.1. The molecule has 2 aromatic carbocycles. The molecule has 0 aromatic heterocycles. The van der Waals surface area contributed by atoms with Gasteiger partial charge in [0.2, 0.25) is 5.91 Å². The summed E-state index contributed by atoms with van der Waals surface area (Å²) in [6, 6.07) is 17.4. The number of nitrogens with zero attached hydrogens (tertiary/aromatic N) is 1. The molecule has 0 spiro atoms. The van der Waals surface area contributed by atoms with Crippen LogP contribution in [0.15, 0.2) is 59.6 Å². The van der Waals surface area contributed by atoms with Gasteiger partial charge in [-0.25, -0.2) is 8.42 Å². The smallest absolute Gasteiger partial charge is 0.224 e. The van der Waals surface area contributed by atoms with Gasteiger partial charge < -0.3 is 10.6 Å². The molecule has 1 saturated heterocycles. The molecule has 1 fully saturated rings. The van der Waals surface area contributed by atoms with Crippen LogP contribution in [0.2, 0.25) is 0 Å². The van der Waals surface area contributed by atoms with Crippen LogP contribution in [0.1, 0.15) is 24.1 Å². The van der Waals surface area contributed by atoms with Gasteiger partial charge in [-0.15, -0.1) is 0 Å². The molecule has 2 N–H and O–H groups in total. The molecule has 2 aliphatic rings. The van der Waals surface area contributed by atoms with E-state index in [1.807, 2.05) is 61.5 Å². The maximum absolute atomic E-state index is 12.3. The van der Waals surface area contributed by atoms with E-state index >= 15 is 0 Å². The number of nitrogens with one attached hydrogen (secondary N) is 2. The molecule has 1 amide bonds. The van der Waals surface area contributed by atoms with Gasteiger partial charge in [-0.2, -0.15) is 0 Å². The monoisotopic (exact) mass is 429 g/mol. The Morgan fingerprint density at radius 3 is 2.55 bits per heavy atom. The van der Waals surface area contributed by atoms with E-state index in [1.165, 1.54) is 11.8 Å². The Labute approximate surface area is 175 Å².